The predicted octanol–water partition coefficient (Wildman–Crippen LogP) is 2.73. The molecule has 1 amide bonds. The zero-order valence-corrected chi connectivity index (χ0v) is 15.6. The number of ether oxygens (including phenoxy) is 1. The van der Waals surface area contributed by atoms with Gasteiger partial charge in [-0.2, -0.15) is 8.75 Å². The molecule has 1 spiro atoms. The van der Waals surface area contributed by atoms with Gasteiger partial charge in [-0.05, 0) is 25.3 Å². The molecule has 2 atom stereocenters. The normalized spacial score (nSPS) is 25.4. The molecule has 4 rings (SSSR count). The van der Waals surface area contributed by atoms with Crippen LogP contribution < -0.4 is 0 Å². The number of benzene rings is 1. The summed E-state index contributed by atoms with van der Waals surface area (Å²) >= 11 is 1.07. The molecule has 2 aliphatic rings. The van der Waals surface area contributed by atoms with Crippen molar-refractivity contribution < 1.29 is 14.6 Å². The van der Waals surface area contributed by atoms with E-state index in [0.29, 0.717) is 37.3 Å². The minimum atomic E-state index is -0.374. The summed E-state index contributed by atoms with van der Waals surface area (Å²) < 4.78 is 14.7. The summed E-state index contributed by atoms with van der Waals surface area (Å²) in [7, 11) is 0. The van der Waals surface area contributed by atoms with E-state index in [4.69, 9.17) is 4.74 Å². The Kier molecular flexibility index (Phi) is 4.77. The third-order valence-corrected chi connectivity index (χ3v) is 6.09. The summed E-state index contributed by atoms with van der Waals surface area (Å²) in [6.45, 7) is 3.04. The van der Waals surface area contributed by atoms with Crippen molar-refractivity contribution in [2.75, 3.05) is 13.1 Å². The average molecular weight is 373 g/mol. The van der Waals surface area contributed by atoms with Crippen molar-refractivity contribution in [3.8, 4) is 0 Å². The molecule has 138 valence electrons. The smallest absolute Gasteiger partial charge is 0.275 e. The molecule has 0 radical (unpaired) electrons. The molecule has 0 unspecified atom stereocenters. The molecule has 2 aromatic rings. The van der Waals surface area contributed by atoms with Crippen LogP contribution in [-0.4, -0.2) is 49.5 Å². The van der Waals surface area contributed by atoms with E-state index >= 15 is 0 Å². The van der Waals surface area contributed by atoms with Crippen molar-refractivity contribution in [2.45, 2.75) is 50.4 Å². The SMILES string of the molecule is Cc1nsnc1C(=O)N1CCC2(CC1)C[C@@H](O)C[C@H](c1ccccc1)O2. The highest BCUT2D eigenvalue weighted by molar-refractivity contribution is 6.99. The van der Waals surface area contributed by atoms with E-state index in [1.54, 1.807) is 0 Å². The van der Waals surface area contributed by atoms with E-state index in [1.165, 1.54) is 0 Å². The van der Waals surface area contributed by atoms with Crippen LogP contribution in [0.25, 0.3) is 0 Å². The molecule has 6 nitrogen and oxygen atoms in total. The Hall–Kier alpha value is -1.83. The van der Waals surface area contributed by atoms with E-state index in [9.17, 15) is 9.90 Å². The summed E-state index contributed by atoms with van der Waals surface area (Å²) in [5.41, 5.74) is 1.89. The number of carbonyl (C=O) groups excluding carboxylic acids is 1. The summed E-state index contributed by atoms with van der Waals surface area (Å²) in [5.74, 6) is -0.0536. The number of nitrogens with zero attached hydrogens (tertiary/aromatic N) is 3. The molecule has 0 bridgehead atoms. The largest absolute Gasteiger partial charge is 0.393 e. The van der Waals surface area contributed by atoms with Gasteiger partial charge in [0, 0.05) is 25.9 Å². The molecule has 1 N–H and O–H groups in total. The fourth-order valence-corrected chi connectivity index (χ4v) is 4.59. The number of aliphatic hydroxyl groups is 1. The topological polar surface area (TPSA) is 75.6 Å². The summed E-state index contributed by atoms with van der Waals surface area (Å²) in [5, 5.41) is 10.4. The van der Waals surface area contributed by atoms with Gasteiger partial charge in [0.05, 0.1) is 35.2 Å². The van der Waals surface area contributed by atoms with Crippen molar-refractivity contribution in [3.05, 3.63) is 47.3 Å². The Morgan fingerprint density at radius 3 is 2.65 bits per heavy atom. The first kappa shape index (κ1) is 17.6. The Morgan fingerprint density at radius 2 is 2.00 bits per heavy atom. The highest BCUT2D eigenvalue weighted by atomic mass is 32.1. The maximum absolute atomic E-state index is 12.6. The van der Waals surface area contributed by atoms with Gasteiger partial charge in [0.25, 0.3) is 5.91 Å². The lowest BCUT2D eigenvalue weighted by Gasteiger charge is -2.48. The average Bonchev–Trinajstić information content (AvgIpc) is 3.08. The van der Waals surface area contributed by atoms with Crippen molar-refractivity contribution in [1.29, 1.82) is 0 Å². The van der Waals surface area contributed by atoms with Gasteiger partial charge in [-0.15, -0.1) is 0 Å². The van der Waals surface area contributed by atoms with E-state index in [-0.39, 0.29) is 23.7 Å². The van der Waals surface area contributed by atoms with Crippen LogP contribution in [0.2, 0.25) is 0 Å². The fourth-order valence-electron chi connectivity index (χ4n) is 4.04. The third kappa shape index (κ3) is 3.39. The standard InChI is InChI=1S/C19H23N3O3S/c1-13-17(21-26-20-13)18(24)22-9-7-19(8-10-22)12-15(23)11-16(25-19)14-5-3-2-4-6-14/h2-6,15-16,23H,7-12H2,1H3/t15-,16+/m0/s1. The summed E-state index contributed by atoms with van der Waals surface area (Å²) in [4.78, 5) is 14.5. The zero-order chi connectivity index (χ0) is 18.1. The van der Waals surface area contributed by atoms with E-state index < -0.39 is 0 Å². The van der Waals surface area contributed by atoms with Gasteiger partial charge in [-0.25, -0.2) is 0 Å². The third-order valence-electron chi connectivity index (χ3n) is 5.47. The van der Waals surface area contributed by atoms with Gasteiger partial charge in [0.15, 0.2) is 5.69 Å². The molecule has 2 aliphatic heterocycles. The van der Waals surface area contributed by atoms with Crippen LogP contribution in [0.5, 0.6) is 0 Å². The second kappa shape index (κ2) is 7.06. The summed E-state index contributed by atoms with van der Waals surface area (Å²) in [6, 6.07) is 10.1. The van der Waals surface area contributed by atoms with Gasteiger partial charge in [-0.1, -0.05) is 30.3 Å². The lowest BCUT2D eigenvalue weighted by Crippen LogP contribution is -2.52. The lowest BCUT2D eigenvalue weighted by molar-refractivity contribution is -0.181. The minimum absolute atomic E-state index is 0.0536. The quantitative estimate of drug-likeness (QED) is 0.876. The molecule has 1 aromatic heterocycles. The fraction of sp³-hybridized carbons (Fsp3) is 0.526. The number of hydrogen-bond donors (Lipinski definition) is 1. The van der Waals surface area contributed by atoms with Gasteiger partial charge in [0.1, 0.15) is 0 Å². The first-order valence-corrected chi connectivity index (χ1v) is 9.79. The molecule has 3 heterocycles. The number of aromatic nitrogens is 2. The maximum Gasteiger partial charge on any atom is 0.275 e. The van der Waals surface area contributed by atoms with E-state index in [0.717, 1.165) is 30.1 Å². The number of piperidine rings is 1. The number of amides is 1. The molecular formula is C19H23N3O3S. The molecule has 2 fully saturated rings. The first-order chi connectivity index (χ1) is 12.6. The van der Waals surface area contributed by atoms with Crippen molar-refractivity contribution >= 4 is 17.6 Å². The van der Waals surface area contributed by atoms with Crippen LogP contribution in [0.15, 0.2) is 30.3 Å². The Bertz CT molecular complexity index is 771. The van der Waals surface area contributed by atoms with Gasteiger partial charge in [0.2, 0.25) is 0 Å². The van der Waals surface area contributed by atoms with E-state index in [2.05, 4.69) is 8.75 Å². The number of hydrogen-bond acceptors (Lipinski definition) is 6. The maximum atomic E-state index is 12.6. The van der Waals surface area contributed by atoms with Gasteiger partial charge in [-0.3, -0.25) is 4.79 Å². The number of likely N-dealkylation sites (tertiary alicyclic amines) is 1. The van der Waals surface area contributed by atoms with Crippen LogP contribution >= 0.6 is 11.7 Å². The highest BCUT2D eigenvalue weighted by Gasteiger charge is 2.44. The van der Waals surface area contributed by atoms with Crippen molar-refractivity contribution in [3.63, 3.8) is 0 Å². The van der Waals surface area contributed by atoms with Crippen LogP contribution in [0, 0.1) is 6.92 Å². The number of carbonyl (C=O) groups is 1. The molecule has 2 saturated heterocycles. The molecule has 0 aliphatic carbocycles. The van der Waals surface area contributed by atoms with Crippen LogP contribution in [0.3, 0.4) is 0 Å². The molecule has 7 heteroatoms. The number of aryl methyl sites for hydroxylation is 1. The van der Waals surface area contributed by atoms with Crippen LogP contribution in [0.1, 0.15) is 53.5 Å². The molecule has 1 aromatic carbocycles. The summed E-state index contributed by atoms with van der Waals surface area (Å²) in [6.07, 6.45) is 2.26. The number of aliphatic hydroxyl groups excluding tert-OH is 1. The Morgan fingerprint density at radius 1 is 1.27 bits per heavy atom. The monoisotopic (exact) mass is 373 g/mol. The second-order valence-corrected chi connectivity index (χ2v) is 7.81. The molecule has 0 saturated carbocycles. The minimum Gasteiger partial charge on any atom is -0.393 e. The Balaban J connectivity index is 1.45. The second-order valence-electron chi connectivity index (χ2n) is 7.28. The lowest BCUT2D eigenvalue weighted by atomic mass is 9.81. The van der Waals surface area contributed by atoms with Crippen molar-refractivity contribution in [1.82, 2.24) is 13.6 Å². The van der Waals surface area contributed by atoms with E-state index in [1.807, 2.05) is 42.2 Å². The van der Waals surface area contributed by atoms with Crippen molar-refractivity contribution in [2.24, 2.45) is 0 Å². The predicted molar refractivity (Wildman–Crippen MR) is 98.0 cm³/mol. The highest BCUT2D eigenvalue weighted by Crippen LogP contribution is 2.43. The first-order valence-electron chi connectivity index (χ1n) is 9.06. The Labute approximate surface area is 157 Å². The number of rotatable bonds is 2. The van der Waals surface area contributed by atoms with Gasteiger partial charge >= 0.3 is 0 Å². The van der Waals surface area contributed by atoms with Crippen LogP contribution in [0.4, 0.5) is 0 Å². The molecular weight excluding hydrogens is 350 g/mol. The van der Waals surface area contributed by atoms with Gasteiger partial charge < -0.3 is 14.7 Å². The van der Waals surface area contributed by atoms with Crippen LogP contribution in [-0.2, 0) is 4.74 Å². The zero-order valence-electron chi connectivity index (χ0n) is 14.8. The molecule has 26 heavy (non-hydrogen) atoms.